The van der Waals surface area contributed by atoms with Gasteiger partial charge in [-0.3, -0.25) is 34.5 Å². The minimum atomic E-state index is -3.84. The number of amides is 4. The van der Waals surface area contributed by atoms with E-state index in [1.807, 2.05) is 18.7 Å². The van der Waals surface area contributed by atoms with E-state index >= 15 is 0 Å². The SMILES string of the molecule is Cc1[nH]nc(Nc2ncnc3cc(OCCCN4CCN(c5nccc(C(=O)Nc6cccc7c6CN(C6CCC(=O)NC6=O)C7=O)n5)CC4)c(S(=O)(=O)C(C)(C)C)cc23)c1C. The van der Waals surface area contributed by atoms with Crippen molar-refractivity contribution in [1.82, 2.24) is 45.2 Å². The number of rotatable bonds is 12. The highest BCUT2D eigenvalue weighted by atomic mass is 32.2. The Morgan fingerprint density at radius 1 is 1.00 bits per heavy atom. The van der Waals surface area contributed by atoms with E-state index < -0.39 is 32.4 Å². The van der Waals surface area contributed by atoms with Gasteiger partial charge in [-0.2, -0.15) is 5.10 Å². The van der Waals surface area contributed by atoms with Crippen LogP contribution in [0.1, 0.15) is 77.7 Å². The summed E-state index contributed by atoms with van der Waals surface area (Å²) in [7, 11) is -3.84. The highest BCUT2D eigenvalue weighted by Gasteiger charge is 2.40. The fraction of sp³-hybridized carbons (Fsp3) is 0.405. The first-order valence-electron chi connectivity index (χ1n) is 20.4. The van der Waals surface area contributed by atoms with Crippen LogP contribution in [0.5, 0.6) is 5.75 Å². The lowest BCUT2D eigenvalue weighted by molar-refractivity contribution is -0.136. The van der Waals surface area contributed by atoms with Crippen molar-refractivity contribution in [2.75, 3.05) is 54.9 Å². The number of hydrogen-bond acceptors (Lipinski definition) is 15. The lowest BCUT2D eigenvalue weighted by Crippen LogP contribution is -2.52. The van der Waals surface area contributed by atoms with Crippen molar-refractivity contribution in [2.24, 2.45) is 0 Å². The van der Waals surface area contributed by atoms with Gasteiger partial charge in [0, 0.05) is 91.4 Å². The summed E-state index contributed by atoms with van der Waals surface area (Å²) >= 11 is 0. The van der Waals surface area contributed by atoms with Gasteiger partial charge in [0.15, 0.2) is 15.7 Å². The number of aromatic amines is 1. The molecule has 4 amide bonds. The minimum absolute atomic E-state index is 0.0639. The molecule has 19 nitrogen and oxygen atoms in total. The number of nitrogens with one attached hydrogen (secondary N) is 4. The van der Waals surface area contributed by atoms with Crippen LogP contribution in [0.3, 0.4) is 0 Å². The van der Waals surface area contributed by atoms with Crippen molar-refractivity contribution >= 4 is 67.6 Å². The number of nitrogens with zero attached hydrogens (tertiary/aromatic N) is 8. The maximum atomic E-state index is 13.9. The number of anilines is 4. The van der Waals surface area contributed by atoms with E-state index in [1.54, 1.807) is 51.1 Å². The molecular weight excluding hydrogens is 817 g/mol. The first-order valence-corrected chi connectivity index (χ1v) is 21.9. The fourth-order valence-electron chi connectivity index (χ4n) is 7.69. The molecule has 3 aliphatic heterocycles. The van der Waals surface area contributed by atoms with Crippen molar-refractivity contribution in [3.8, 4) is 5.75 Å². The van der Waals surface area contributed by atoms with E-state index in [2.05, 4.69) is 51.0 Å². The van der Waals surface area contributed by atoms with Gasteiger partial charge in [-0.15, -0.1) is 0 Å². The molecule has 62 heavy (non-hydrogen) atoms. The second kappa shape index (κ2) is 16.7. The van der Waals surface area contributed by atoms with Crippen LogP contribution in [0.4, 0.5) is 23.3 Å². The Bertz CT molecular complexity index is 2710. The average Bonchev–Trinajstić information content (AvgIpc) is 3.75. The first kappa shape index (κ1) is 42.2. The highest BCUT2D eigenvalue weighted by molar-refractivity contribution is 7.92. The van der Waals surface area contributed by atoms with Crippen molar-refractivity contribution in [2.45, 2.75) is 76.1 Å². The summed E-state index contributed by atoms with van der Waals surface area (Å²) in [5.41, 5.74) is 3.91. The Labute approximate surface area is 358 Å². The number of hydrogen-bond donors (Lipinski definition) is 4. The summed E-state index contributed by atoms with van der Waals surface area (Å²) in [6.07, 6.45) is 3.97. The van der Waals surface area contributed by atoms with Crippen LogP contribution in [0.15, 0.2) is 53.8 Å². The zero-order valence-corrected chi connectivity index (χ0v) is 35.9. The lowest BCUT2D eigenvalue weighted by Gasteiger charge is -2.34. The van der Waals surface area contributed by atoms with Gasteiger partial charge in [-0.1, -0.05) is 6.07 Å². The number of H-pyrrole nitrogens is 1. The van der Waals surface area contributed by atoms with Crippen LogP contribution < -0.4 is 25.6 Å². The molecule has 20 heteroatoms. The molecule has 8 rings (SSSR count). The molecule has 0 saturated carbocycles. The normalized spacial score (nSPS) is 17.3. The largest absolute Gasteiger partial charge is 0.492 e. The minimum Gasteiger partial charge on any atom is -0.492 e. The molecule has 0 spiro atoms. The molecular formula is C42H48N12O7S. The van der Waals surface area contributed by atoms with Crippen LogP contribution >= 0.6 is 0 Å². The Hall–Kier alpha value is -6.54. The molecule has 2 saturated heterocycles. The van der Waals surface area contributed by atoms with Crippen molar-refractivity contribution in [3.05, 3.63) is 77.0 Å². The smallest absolute Gasteiger partial charge is 0.274 e. The molecule has 5 aromatic rings. The van der Waals surface area contributed by atoms with E-state index in [9.17, 15) is 27.6 Å². The lowest BCUT2D eigenvalue weighted by atomic mass is 10.0. The number of aromatic nitrogens is 6. The second-order valence-electron chi connectivity index (χ2n) is 16.6. The van der Waals surface area contributed by atoms with Gasteiger partial charge in [0.1, 0.15) is 34.5 Å². The van der Waals surface area contributed by atoms with Crippen LogP contribution in [0, 0.1) is 13.8 Å². The van der Waals surface area contributed by atoms with Gasteiger partial charge >= 0.3 is 0 Å². The zero-order valence-electron chi connectivity index (χ0n) is 35.1. The topological polar surface area (TPSA) is 238 Å². The highest BCUT2D eigenvalue weighted by Crippen LogP contribution is 2.38. The number of fused-ring (bicyclic) bond motifs is 2. The van der Waals surface area contributed by atoms with Crippen molar-refractivity contribution < 1.29 is 32.3 Å². The molecule has 0 radical (unpaired) electrons. The molecule has 0 aliphatic carbocycles. The third kappa shape index (κ3) is 8.26. The zero-order chi connectivity index (χ0) is 43.9. The number of carbonyl (C=O) groups is 4. The number of carbonyl (C=O) groups excluding carboxylic acids is 4. The predicted molar refractivity (Wildman–Crippen MR) is 229 cm³/mol. The van der Waals surface area contributed by atoms with Crippen LogP contribution in [0.25, 0.3) is 10.9 Å². The molecule has 1 atom stereocenters. The molecule has 324 valence electrons. The number of benzene rings is 2. The van der Waals surface area contributed by atoms with Gasteiger partial charge in [0.05, 0.1) is 16.9 Å². The van der Waals surface area contributed by atoms with Gasteiger partial charge in [0.25, 0.3) is 11.8 Å². The number of piperazine rings is 1. The number of sulfone groups is 1. The summed E-state index contributed by atoms with van der Waals surface area (Å²) in [5.74, 6) is -0.0104. The Morgan fingerprint density at radius 2 is 1.79 bits per heavy atom. The summed E-state index contributed by atoms with van der Waals surface area (Å²) in [6, 6.07) is 9.02. The molecule has 3 aliphatic rings. The fourth-order valence-corrected chi connectivity index (χ4v) is 9.01. The molecule has 0 bridgehead atoms. The summed E-state index contributed by atoms with van der Waals surface area (Å²) < 4.78 is 32.9. The van der Waals surface area contributed by atoms with Crippen LogP contribution in [0.2, 0.25) is 0 Å². The number of imide groups is 1. The first-order chi connectivity index (χ1) is 29.6. The predicted octanol–water partition coefficient (Wildman–Crippen LogP) is 3.68. The standard InChI is InChI=1S/C42H48N12O7S/c1-24-25(2)50-51-36(24)49-37-27-20-34(62(59,60)42(3,4)5)33(21-31(27)44-23-45-37)61-19-7-14-52-15-17-53(18-16-52)41-43-13-12-30(47-41)38(56)46-29-9-6-8-26-28(29)22-54(40(26)58)32-10-11-35(55)48-39(32)57/h6,8-9,12-13,20-21,23,32H,7,10-11,14-19,22H2,1-5H3,(H,46,56)(H,48,55,57)(H2,44,45,49,50,51). The molecule has 6 heterocycles. The van der Waals surface area contributed by atoms with Gasteiger partial charge in [-0.05, 0) is 71.7 Å². The maximum Gasteiger partial charge on any atom is 0.274 e. The number of ether oxygens (including phenoxy) is 1. The third-order valence-corrected chi connectivity index (χ3v) is 14.0. The van der Waals surface area contributed by atoms with E-state index in [4.69, 9.17) is 4.74 Å². The molecule has 1 unspecified atom stereocenters. The summed E-state index contributed by atoms with van der Waals surface area (Å²) in [6.45, 7) is 12.5. The molecule has 3 aromatic heterocycles. The maximum absolute atomic E-state index is 13.9. The van der Waals surface area contributed by atoms with Crippen molar-refractivity contribution in [3.63, 3.8) is 0 Å². The molecule has 4 N–H and O–H groups in total. The van der Waals surface area contributed by atoms with E-state index in [0.717, 1.165) is 11.3 Å². The Balaban J connectivity index is 0.873. The second-order valence-corrected chi connectivity index (χ2v) is 19.2. The monoisotopic (exact) mass is 864 g/mol. The third-order valence-electron chi connectivity index (χ3n) is 11.5. The van der Waals surface area contributed by atoms with Gasteiger partial charge < -0.3 is 25.2 Å². The van der Waals surface area contributed by atoms with Gasteiger partial charge in [-0.25, -0.2) is 28.4 Å². The molecule has 2 fully saturated rings. The Morgan fingerprint density at radius 3 is 2.52 bits per heavy atom. The van der Waals surface area contributed by atoms with Crippen LogP contribution in [-0.2, 0) is 26.0 Å². The Kier molecular flexibility index (Phi) is 11.4. The average molecular weight is 865 g/mol. The molecule has 2 aromatic carbocycles. The van der Waals surface area contributed by atoms with Crippen molar-refractivity contribution in [1.29, 1.82) is 0 Å². The summed E-state index contributed by atoms with van der Waals surface area (Å²) in [4.78, 5) is 74.6. The van der Waals surface area contributed by atoms with Gasteiger partial charge in [0.2, 0.25) is 17.8 Å². The van der Waals surface area contributed by atoms with E-state index in [-0.39, 0.29) is 54.1 Å². The van der Waals surface area contributed by atoms with E-state index in [0.29, 0.717) is 84.4 Å². The van der Waals surface area contributed by atoms with E-state index in [1.165, 1.54) is 23.5 Å². The summed E-state index contributed by atoms with van der Waals surface area (Å²) in [5, 5.41) is 16.2. The number of piperidine rings is 1. The van der Waals surface area contributed by atoms with Crippen LogP contribution in [-0.4, -0.2) is 122 Å². The number of aryl methyl sites for hydroxylation is 1. The quantitative estimate of drug-likeness (QED) is 0.103.